The Bertz CT molecular complexity index is 152. The third-order valence-electron chi connectivity index (χ3n) is 2.97. The molecular weight excluding hydrogens is 164 g/mol. The third kappa shape index (κ3) is 3.25. The molecule has 0 bridgehead atoms. The van der Waals surface area contributed by atoms with Gasteiger partial charge in [-0.3, -0.25) is 4.90 Å². The van der Waals surface area contributed by atoms with E-state index >= 15 is 0 Å². The van der Waals surface area contributed by atoms with E-state index in [1.165, 1.54) is 0 Å². The fraction of sp³-hybridized carbons (Fsp3) is 1.00. The summed E-state index contributed by atoms with van der Waals surface area (Å²) in [7, 11) is 0. The molecule has 0 saturated carbocycles. The predicted octanol–water partition coefficient (Wildman–Crippen LogP) is 0.569. The minimum absolute atomic E-state index is 0.170. The summed E-state index contributed by atoms with van der Waals surface area (Å²) < 4.78 is 0. The van der Waals surface area contributed by atoms with E-state index in [4.69, 9.17) is 5.73 Å². The number of piperidine rings is 1. The first kappa shape index (κ1) is 11.0. The Morgan fingerprint density at radius 3 is 2.85 bits per heavy atom. The van der Waals surface area contributed by atoms with Crippen LogP contribution in [0.3, 0.4) is 0 Å². The number of β-amino-alcohol motifs (C(OH)–C–C–N with tert-alkyl or cyclic N) is 1. The highest BCUT2D eigenvalue weighted by molar-refractivity contribution is 4.81. The second kappa shape index (κ2) is 4.94. The van der Waals surface area contributed by atoms with Crippen molar-refractivity contribution < 1.29 is 5.11 Å². The molecule has 3 atom stereocenters. The van der Waals surface area contributed by atoms with Gasteiger partial charge in [0.15, 0.2) is 0 Å². The van der Waals surface area contributed by atoms with E-state index < -0.39 is 0 Å². The summed E-state index contributed by atoms with van der Waals surface area (Å²) in [5, 5.41) is 9.52. The summed E-state index contributed by atoms with van der Waals surface area (Å²) >= 11 is 0. The highest BCUT2D eigenvalue weighted by Gasteiger charge is 2.23. The maximum absolute atomic E-state index is 9.52. The molecule has 3 heteroatoms. The van der Waals surface area contributed by atoms with Crippen molar-refractivity contribution in [3.63, 3.8) is 0 Å². The molecule has 1 saturated heterocycles. The molecule has 3 N–H and O–H groups in total. The lowest BCUT2D eigenvalue weighted by Crippen LogP contribution is -2.48. The van der Waals surface area contributed by atoms with Crippen molar-refractivity contribution in [2.45, 2.75) is 51.3 Å². The Balaban J connectivity index is 2.33. The molecule has 0 amide bonds. The number of likely N-dealkylation sites (tertiary alicyclic amines) is 1. The highest BCUT2D eigenvalue weighted by atomic mass is 16.3. The van der Waals surface area contributed by atoms with Crippen LogP contribution in [-0.2, 0) is 0 Å². The van der Waals surface area contributed by atoms with Crippen LogP contribution in [0.5, 0.6) is 0 Å². The van der Waals surface area contributed by atoms with Gasteiger partial charge >= 0.3 is 0 Å². The normalized spacial score (nSPS) is 33.2. The Morgan fingerprint density at radius 1 is 1.62 bits per heavy atom. The van der Waals surface area contributed by atoms with E-state index in [1.54, 1.807) is 0 Å². The molecular formula is C10H22N2O. The first-order valence-corrected chi connectivity index (χ1v) is 5.31. The number of hydrogen-bond acceptors (Lipinski definition) is 3. The zero-order valence-corrected chi connectivity index (χ0v) is 8.74. The van der Waals surface area contributed by atoms with Crippen LogP contribution in [0.25, 0.3) is 0 Å². The molecule has 1 rings (SSSR count). The van der Waals surface area contributed by atoms with Gasteiger partial charge in [-0.1, -0.05) is 6.92 Å². The molecule has 1 aliphatic heterocycles. The molecule has 1 aliphatic rings. The van der Waals surface area contributed by atoms with Crippen LogP contribution in [0.15, 0.2) is 0 Å². The van der Waals surface area contributed by atoms with E-state index in [0.29, 0.717) is 12.1 Å². The summed E-state index contributed by atoms with van der Waals surface area (Å²) in [4.78, 5) is 2.34. The van der Waals surface area contributed by atoms with Crippen molar-refractivity contribution in [2.24, 2.45) is 5.73 Å². The summed E-state index contributed by atoms with van der Waals surface area (Å²) in [6.45, 7) is 6.07. The van der Waals surface area contributed by atoms with Crippen LogP contribution in [0.1, 0.15) is 33.1 Å². The molecule has 3 unspecified atom stereocenters. The van der Waals surface area contributed by atoms with Gasteiger partial charge in [0.1, 0.15) is 0 Å². The maximum atomic E-state index is 9.52. The minimum Gasteiger partial charge on any atom is -0.392 e. The average molecular weight is 186 g/mol. The van der Waals surface area contributed by atoms with Crippen molar-refractivity contribution in [1.29, 1.82) is 0 Å². The number of aliphatic hydroxyl groups excluding tert-OH is 1. The van der Waals surface area contributed by atoms with Gasteiger partial charge in [0, 0.05) is 18.6 Å². The molecule has 1 heterocycles. The van der Waals surface area contributed by atoms with Crippen molar-refractivity contribution >= 4 is 0 Å². The summed E-state index contributed by atoms with van der Waals surface area (Å²) in [6, 6.07) is 0.898. The van der Waals surface area contributed by atoms with E-state index in [9.17, 15) is 5.11 Å². The Labute approximate surface area is 80.9 Å². The fourth-order valence-corrected chi connectivity index (χ4v) is 1.93. The standard InChI is InChI=1S/C10H22N2O/c1-3-10(13)7-12-5-4-9(11)6-8(12)2/h8-10,13H,3-7,11H2,1-2H3. The molecule has 0 radical (unpaired) electrons. The van der Waals surface area contributed by atoms with Crippen molar-refractivity contribution in [2.75, 3.05) is 13.1 Å². The lowest BCUT2D eigenvalue weighted by Gasteiger charge is -2.37. The second-order valence-corrected chi connectivity index (χ2v) is 4.19. The zero-order valence-electron chi connectivity index (χ0n) is 8.74. The average Bonchev–Trinajstić information content (AvgIpc) is 2.09. The van der Waals surface area contributed by atoms with Crippen molar-refractivity contribution in [1.82, 2.24) is 4.90 Å². The SMILES string of the molecule is CCC(O)CN1CCC(N)CC1C. The summed E-state index contributed by atoms with van der Waals surface area (Å²) in [6.07, 6.45) is 2.81. The molecule has 78 valence electrons. The van der Waals surface area contributed by atoms with Gasteiger partial charge < -0.3 is 10.8 Å². The molecule has 1 fully saturated rings. The molecule has 0 aromatic rings. The minimum atomic E-state index is -0.170. The van der Waals surface area contributed by atoms with Gasteiger partial charge in [-0.05, 0) is 32.7 Å². The molecule has 0 spiro atoms. The fourth-order valence-electron chi connectivity index (χ4n) is 1.93. The zero-order chi connectivity index (χ0) is 9.84. The van der Waals surface area contributed by atoms with Crippen molar-refractivity contribution in [3.05, 3.63) is 0 Å². The Kier molecular flexibility index (Phi) is 4.16. The van der Waals surface area contributed by atoms with Gasteiger partial charge in [0.25, 0.3) is 0 Å². The third-order valence-corrected chi connectivity index (χ3v) is 2.97. The first-order valence-electron chi connectivity index (χ1n) is 5.31. The number of nitrogens with two attached hydrogens (primary N) is 1. The van der Waals surface area contributed by atoms with Gasteiger partial charge in [-0.15, -0.1) is 0 Å². The number of nitrogens with zero attached hydrogens (tertiary/aromatic N) is 1. The quantitative estimate of drug-likeness (QED) is 0.677. The van der Waals surface area contributed by atoms with E-state index in [2.05, 4.69) is 11.8 Å². The number of aliphatic hydroxyl groups is 1. The summed E-state index contributed by atoms with van der Waals surface area (Å²) in [5.74, 6) is 0. The van der Waals surface area contributed by atoms with Crippen LogP contribution in [0.2, 0.25) is 0 Å². The Hall–Kier alpha value is -0.120. The van der Waals surface area contributed by atoms with E-state index in [0.717, 1.165) is 32.4 Å². The van der Waals surface area contributed by atoms with E-state index in [-0.39, 0.29) is 6.10 Å². The largest absolute Gasteiger partial charge is 0.392 e. The van der Waals surface area contributed by atoms with Crippen LogP contribution in [0.4, 0.5) is 0 Å². The maximum Gasteiger partial charge on any atom is 0.0664 e. The molecule has 0 aromatic heterocycles. The smallest absolute Gasteiger partial charge is 0.0664 e. The molecule has 0 aliphatic carbocycles. The van der Waals surface area contributed by atoms with Crippen LogP contribution < -0.4 is 5.73 Å². The number of rotatable bonds is 3. The van der Waals surface area contributed by atoms with Crippen LogP contribution in [-0.4, -0.2) is 41.3 Å². The van der Waals surface area contributed by atoms with Crippen molar-refractivity contribution in [3.8, 4) is 0 Å². The van der Waals surface area contributed by atoms with Crippen LogP contribution >= 0.6 is 0 Å². The lowest BCUT2D eigenvalue weighted by molar-refractivity contribution is 0.0666. The second-order valence-electron chi connectivity index (χ2n) is 4.19. The van der Waals surface area contributed by atoms with Crippen LogP contribution in [0, 0.1) is 0 Å². The molecule has 3 nitrogen and oxygen atoms in total. The summed E-state index contributed by atoms with van der Waals surface area (Å²) in [5.41, 5.74) is 5.86. The number of hydrogen-bond donors (Lipinski definition) is 2. The van der Waals surface area contributed by atoms with Gasteiger partial charge in [-0.2, -0.15) is 0 Å². The molecule has 0 aromatic carbocycles. The Morgan fingerprint density at radius 2 is 2.31 bits per heavy atom. The van der Waals surface area contributed by atoms with Gasteiger partial charge in [0.05, 0.1) is 6.10 Å². The topological polar surface area (TPSA) is 49.5 Å². The predicted molar refractivity (Wildman–Crippen MR) is 54.5 cm³/mol. The first-order chi connectivity index (χ1) is 6.13. The highest BCUT2D eigenvalue weighted by Crippen LogP contribution is 2.16. The molecule has 13 heavy (non-hydrogen) atoms. The van der Waals surface area contributed by atoms with E-state index in [1.807, 2.05) is 6.92 Å². The monoisotopic (exact) mass is 186 g/mol. The lowest BCUT2D eigenvalue weighted by atomic mass is 9.98. The van der Waals surface area contributed by atoms with Gasteiger partial charge in [-0.25, -0.2) is 0 Å². The van der Waals surface area contributed by atoms with Gasteiger partial charge in [0.2, 0.25) is 0 Å².